The van der Waals surface area contributed by atoms with Crippen molar-refractivity contribution < 1.29 is 14.3 Å². The Morgan fingerprint density at radius 2 is 2.06 bits per heavy atom. The molecule has 0 aromatic heterocycles. The van der Waals surface area contributed by atoms with Gasteiger partial charge in [0.15, 0.2) is 0 Å². The van der Waals surface area contributed by atoms with Crippen molar-refractivity contribution in [2.75, 3.05) is 13.1 Å². The Morgan fingerprint density at radius 1 is 1.39 bits per heavy atom. The van der Waals surface area contributed by atoms with Gasteiger partial charge in [0.2, 0.25) is 0 Å². The number of rotatable bonds is 0. The second-order valence-corrected chi connectivity index (χ2v) is 5.51. The number of carbonyl (C=O) groups excluding carboxylic acids is 2. The molecule has 2 amide bonds. The summed E-state index contributed by atoms with van der Waals surface area (Å²) in [6, 6.07) is 0. The maximum atomic E-state index is 11.9. The van der Waals surface area contributed by atoms with E-state index in [0.29, 0.717) is 24.6 Å². The molecular formula is C12H17N3O3. The molecule has 0 aliphatic carbocycles. The van der Waals surface area contributed by atoms with Crippen molar-refractivity contribution in [2.45, 2.75) is 33.3 Å². The summed E-state index contributed by atoms with van der Waals surface area (Å²) >= 11 is 0. The second kappa shape index (κ2) is 4.19. The van der Waals surface area contributed by atoms with Crippen LogP contribution < -0.4 is 0 Å². The predicted octanol–water partition coefficient (Wildman–Crippen LogP) is 1.25. The van der Waals surface area contributed by atoms with Crippen LogP contribution in [0.25, 0.3) is 0 Å². The van der Waals surface area contributed by atoms with Crippen LogP contribution in [0.3, 0.4) is 0 Å². The molecule has 18 heavy (non-hydrogen) atoms. The lowest BCUT2D eigenvalue weighted by atomic mass is 10.1. The van der Waals surface area contributed by atoms with Gasteiger partial charge in [-0.3, -0.25) is 4.79 Å². The third-order valence-corrected chi connectivity index (χ3v) is 2.69. The quantitative estimate of drug-likeness (QED) is 0.650. The van der Waals surface area contributed by atoms with Gasteiger partial charge in [-0.25, -0.2) is 9.79 Å². The fourth-order valence-electron chi connectivity index (χ4n) is 1.97. The van der Waals surface area contributed by atoms with Crippen molar-refractivity contribution >= 4 is 23.5 Å². The van der Waals surface area contributed by atoms with Crippen LogP contribution in [0, 0.1) is 5.92 Å². The molecular weight excluding hydrogens is 234 g/mol. The van der Waals surface area contributed by atoms with Crippen molar-refractivity contribution in [3.63, 3.8) is 0 Å². The zero-order valence-electron chi connectivity index (χ0n) is 11.1. The smallest absolute Gasteiger partial charge is 0.410 e. The number of carbonyl (C=O) groups is 2. The second-order valence-electron chi connectivity index (χ2n) is 5.51. The maximum absolute atomic E-state index is 11.9. The number of amides is 2. The van der Waals surface area contributed by atoms with Crippen molar-refractivity contribution in [1.29, 1.82) is 0 Å². The molecule has 6 heteroatoms. The summed E-state index contributed by atoms with van der Waals surface area (Å²) in [5, 5.41) is 0. The Bertz CT molecular complexity index is 460. The monoisotopic (exact) mass is 251 g/mol. The van der Waals surface area contributed by atoms with E-state index in [2.05, 4.69) is 9.98 Å². The number of aliphatic imine (C=N–C) groups is 2. The summed E-state index contributed by atoms with van der Waals surface area (Å²) < 4.78 is 5.27. The molecule has 1 atom stereocenters. The molecule has 1 fully saturated rings. The Morgan fingerprint density at radius 3 is 2.67 bits per heavy atom. The average Bonchev–Trinajstić information content (AvgIpc) is 2.58. The molecule has 2 rings (SSSR count). The van der Waals surface area contributed by atoms with E-state index < -0.39 is 11.7 Å². The van der Waals surface area contributed by atoms with Crippen molar-refractivity contribution in [1.82, 2.24) is 4.90 Å². The predicted molar refractivity (Wildman–Crippen MR) is 66.8 cm³/mol. The molecule has 0 N–H and O–H groups in total. The average molecular weight is 251 g/mol. The first kappa shape index (κ1) is 12.7. The van der Waals surface area contributed by atoms with Crippen LogP contribution in [0.15, 0.2) is 9.98 Å². The molecule has 1 unspecified atom stereocenters. The standard InChI is InChI=1S/C12H17N3O3/c1-7-13-9-6-15(5-8(9)10(16)14-7)11(17)18-12(2,3)4/h8H,5-6H2,1-4H3. The minimum Gasteiger partial charge on any atom is -0.444 e. The van der Waals surface area contributed by atoms with Gasteiger partial charge >= 0.3 is 6.09 Å². The summed E-state index contributed by atoms with van der Waals surface area (Å²) in [5.41, 5.74) is 0.168. The molecule has 0 spiro atoms. The number of ether oxygens (including phenoxy) is 1. The fraction of sp³-hybridized carbons (Fsp3) is 0.667. The highest BCUT2D eigenvalue weighted by Crippen LogP contribution is 2.21. The number of hydrogen-bond donors (Lipinski definition) is 0. The van der Waals surface area contributed by atoms with Gasteiger partial charge in [-0.05, 0) is 27.7 Å². The van der Waals surface area contributed by atoms with Gasteiger partial charge < -0.3 is 9.64 Å². The van der Waals surface area contributed by atoms with Crippen molar-refractivity contribution in [3.8, 4) is 0 Å². The third kappa shape index (κ3) is 2.57. The summed E-state index contributed by atoms with van der Waals surface area (Å²) in [6.45, 7) is 7.76. The van der Waals surface area contributed by atoms with E-state index in [4.69, 9.17) is 4.74 Å². The van der Waals surface area contributed by atoms with Crippen LogP contribution in [0.2, 0.25) is 0 Å². The van der Waals surface area contributed by atoms with E-state index in [1.165, 1.54) is 4.90 Å². The summed E-state index contributed by atoms with van der Waals surface area (Å²) in [5.74, 6) is -0.151. The SMILES string of the molecule is CC1=NC(=O)C2CN(C(=O)OC(C)(C)C)CC2=N1. The van der Waals surface area contributed by atoms with Gasteiger partial charge in [0.05, 0.1) is 18.2 Å². The Kier molecular flexibility index (Phi) is 2.96. The van der Waals surface area contributed by atoms with Crippen LogP contribution in [0.4, 0.5) is 4.79 Å². The molecule has 2 aliphatic heterocycles. The van der Waals surface area contributed by atoms with Crippen LogP contribution in [0.1, 0.15) is 27.7 Å². The number of nitrogens with zero attached hydrogens (tertiary/aromatic N) is 3. The Hall–Kier alpha value is -1.72. The Balaban J connectivity index is 2.08. The lowest BCUT2D eigenvalue weighted by Gasteiger charge is -2.23. The summed E-state index contributed by atoms with van der Waals surface area (Å²) in [7, 11) is 0. The zero-order chi connectivity index (χ0) is 13.5. The van der Waals surface area contributed by atoms with E-state index in [0.717, 1.165) is 0 Å². The molecule has 0 radical (unpaired) electrons. The van der Waals surface area contributed by atoms with Gasteiger partial charge in [0.25, 0.3) is 5.91 Å². The maximum Gasteiger partial charge on any atom is 0.410 e. The van der Waals surface area contributed by atoms with Gasteiger partial charge in [0.1, 0.15) is 11.4 Å². The van der Waals surface area contributed by atoms with Crippen LogP contribution >= 0.6 is 0 Å². The molecule has 98 valence electrons. The topological polar surface area (TPSA) is 71.3 Å². The first-order chi connectivity index (χ1) is 8.26. The van der Waals surface area contributed by atoms with Gasteiger partial charge in [0, 0.05) is 6.54 Å². The van der Waals surface area contributed by atoms with Crippen LogP contribution in [-0.2, 0) is 9.53 Å². The minimum atomic E-state index is -0.539. The zero-order valence-corrected chi connectivity index (χ0v) is 11.1. The lowest BCUT2D eigenvalue weighted by molar-refractivity contribution is -0.119. The minimum absolute atomic E-state index is 0.219. The number of amidine groups is 1. The molecule has 0 bridgehead atoms. The fourth-order valence-corrected chi connectivity index (χ4v) is 1.97. The summed E-state index contributed by atoms with van der Waals surface area (Å²) in [6.07, 6.45) is -0.412. The van der Waals surface area contributed by atoms with Crippen LogP contribution in [0.5, 0.6) is 0 Å². The first-order valence-corrected chi connectivity index (χ1v) is 5.91. The first-order valence-electron chi connectivity index (χ1n) is 5.91. The summed E-state index contributed by atoms with van der Waals surface area (Å²) in [4.78, 5) is 33.1. The molecule has 6 nitrogen and oxygen atoms in total. The normalized spacial score (nSPS) is 23.4. The van der Waals surface area contributed by atoms with E-state index in [1.807, 2.05) is 20.8 Å². The van der Waals surface area contributed by atoms with E-state index in [9.17, 15) is 9.59 Å². The molecule has 2 aliphatic rings. The van der Waals surface area contributed by atoms with E-state index >= 15 is 0 Å². The number of fused-ring (bicyclic) bond motifs is 1. The Labute approximate surface area is 106 Å². The number of hydrogen-bond acceptors (Lipinski definition) is 4. The van der Waals surface area contributed by atoms with Gasteiger partial charge in [-0.1, -0.05) is 0 Å². The van der Waals surface area contributed by atoms with Gasteiger partial charge in [-0.2, -0.15) is 4.99 Å². The highest BCUT2D eigenvalue weighted by molar-refractivity contribution is 6.17. The molecule has 0 aromatic carbocycles. The highest BCUT2D eigenvalue weighted by Gasteiger charge is 2.39. The molecule has 1 saturated heterocycles. The van der Waals surface area contributed by atoms with Crippen molar-refractivity contribution in [3.05, 3.63) is 0 Å². The largest absolute Gasteiger partial charge is 0.444 e. The molecule has 0 saturated carbocycles. The number of likely N-dealkylation sites (tertiary alicyclic amines) is 1. The lowest BCUT2D eigenvalue weighted by Crippen LogP contribution is -2.35. The third-order valence-electron chi connectivity index (χ3n) is 2.69. The van der Waals surface area contributed by atoms with Crippen LogP contribution in [-0.4, -0.2) is 47.1 Å². The highest BCUT2D eigenvalue weighted by atomic mass is 16.6. The molecule has 2 heterocycles. The van der Waals surface area contributed by atoms with E-state index in [-0.39, 0.29) is 11.8 Å². The molecule has 0 aromatic rings. The van der Waals surface area contributed by atoms with E-state index in [1.54, 1.807) is 6.92 Å². The van der Waals surface area contributed by atoms with Crippen molar-refractivity contribution in [2.24, 2.45) is 15.9 Å². The van der Waals surface area contributed by atoms with Gasteiger partial charge in [-0.15, -0.1) is 0 Å².